The number of hydrogen-bond donors (Lipinski definition) is 1. The van der Waals surface area contributed by atoms with Gasteiger partial charge in [-0.2, -0.15) is 0 Å². The largest absolute Gasteiger partial charge is 0.350 e. The van der Waals surface area contributed by atoms with Crippen molar-refractivity contribution in [3.05, 3.63) is 82.4 Å². The second-order valence-corrected chi connectivity index (χ2v) is 11.7. The van der Waals surface area contributed by atoms with Crippen LogP contribution >= 0.6 is 23.2 Å². The Kier molecular flexibility index (Phi) is 8.39. The lowest BCUT2D eigenvalue weighted by Crippen LogP contribution is -2.60. The van der Waals surface area contributed by atoms with Crippen LogP contribution in [0.2, 0.25) is 10.0 Å². The molecule has 1 fully saturated rings. The summed E-state index contributed by atoms with van der Waals surface area (Å²) < 4.78 is 0. The Balaban J connectivity index is 2.24. The van der Waals surface area contributed by atoms with Crippen molar-refractivity contribution in [2.75, 3.05) is 0 Å². The van der Waals surface area contributed by atoms with E-state index in [1.165, 1.54) is 0 Å². The summed E-state index contributed by atoms with van der Waals surface area (Å²) in [6.07, 6.45) is 3.41. The highest BCUT2D eigenvalue weighted by molar-refractivity contribution is 6.30. The Morgan fingerprint density at radius 2 is 1.83 bits per heavy atom. The molecule has 0 saturated carbocycles. The summed E-state index contributed by atoms with van der Waals surface area (Å²) in [6, 6.07) is 14.4. The molecule has 2 amide bonds. The third-order valence-electron chi connectivity index (χ3n) is 6.71. The third kappa shape index (κ3) is 6.10. The Labute approximate surface area is 219 Å². The van der Waals surface area contributed by atoms with Gasteiger partial charge in [0.2, 0.25) is 11.8 Å². The van der Waals surface area contributed by atoms with E-state index in [9.17, 15) is 9.59 Å². The van der Waals surface area contributed by atoms with Crippen molar-refractivity contribution in [2.24, 2.45) is 5.41 Å². The molecule has 1 aliphatic rings. The van der Waals surface area contributed by atoms with Crippen LogP contribution in [-0.4, -0.2) is 28.3 Å². The first-order valence-corrected chi connectivity index (χ1v) is 12.9. The summed E-state index contributed by atoms with van der Waals surface area (Å²) in [5, 5.41) is 4.36. The van der Waals surface area contributed by atoms with Gasteiger partial charge in [-0.05, 0) is 75.4 Å². The van der Waals surface area contributed by atoms with E-state index in [0.717, 1.165) is 11.1 Å². The van der Waals surface area contributed by atoms with Gasteiger partial charge in [0.05, 0.1) is 11.5 Å². The average molecular weight is 516 g/mol. The molecule has 2 unspecified atom stereocenters. The molecular weight excluding hydrogens is 479 g/mol. The fraction of sp³-hybridized carbons (Fsp3) is 0.448. The highest BCUT2D eigenvalue weighted by Gasteiger charge is 2.52. The van der Waals surface area contributed by atoms with Crippen molar-refractivity contribution in [1.29, 1.82) is 0 Å². The SMILES string of the molecule is C=CCC1(C)C[C@H](c2cccc(Cl)c2)[C@@H](c2ccc(Cl)cc2)N(C(CC)C(=O)NC(C)(C)C)C1=O. The molecule has 0 spiro atoms. The molecule has 0 aliphatic carbocycles. The van der Waals surface area contributed by atoms with Crippen molar-refractivity contribution >= 4 is 35.0 Å². The quantitative estimate of drug-likeness (QED) is 0.393. The molecule has 1 N–H and O–H groups in total. The van der Waals surface area contributed by atoms with Gasteiger partial charge >= 0.3 is 0 Å². The number of carbonyl (C=O) groups is 2. The summed E-state index contributed by atoms with van der Waals surface area (Å²) in [5.74, 6) is -0.263. The first kappa shape index (κ1) is 27.3. The maximum Gasteiger partial charge on any atom is 0.243 e. The Bertz CT molecular complexity index is 1080. The predicted octanol–water partition coefficient (Wildman–Crippen LogP) is 7.33. The van der Waals surface area contributed by atoms with Crippen LogP contribution in [-0.2, 0) is 9.59 Å². The number of nitrogens with one attached hydrogen (secondary N) is 1. The summed E-state index contributed by atoms with van der Waals surface area (Å²) in [7, 11) is 0. The van der Waals surface area contributed by atoms with E-state index in [1.807, 2.05) is 82.0 Å². The van der Waals surface area contributed by atoms with Crippen LogP contribution in [0.3, 0.4) is 0 Å². The standard InChI is InChI=1S/C29H36Cl2N2O2/c1-7-16-29(6)18-23(20-10-9-11-22(31)17-20)25(19-12-14-21(30)15-13-19)33(27(29)35)24(8-2)26(34)32-28(3,4)5/h7,9-15,17,23-25H,1,8,16,18H2,2-6H3,(H,32,34)/t23-,24?,25-,29?/m1/s1. The Morgan fingerprint density at radius 1 is 1.17 bits per heavy atom. The maximum atomic E-state index is 14.2. The topological polar surface area (TPSA) is 49.4 Å². The van der Waals surface area contributed by atoms with Gasteiger partial charge in [0.1, 0.15) is 6.04 Å². The molecule has 4 nitrogen and oxygen atoms in total. The molecule has 0 radical (unpaired) electrons. The van der Waals surface area contributed by atoms with Gasteiger partial charge < -0.3 is 10.2 Å². The van der Waals surface area contributed by atoms with Crippen LogP contribution < -0.4 is 5.32 Å². The number of carbonyl (C=O) groups excluding carboxylic acids is 2. The normalized spacial score (nSPS) is 23.6. The zero-order valence-corrected chi connectivity index (χ0v) is 22.8. The molecular formula is C29H36Cl2N2O2. The molecule has 6 heteroatoms. The highest BCUT2D eigenvalue weighted by Crippen LogP contribution is 2.52. The van der Waals surface area contributed by atoms with Crippen molar-refractivity contribution in [2.45, 2.75) is 77.4 Å². The van der Waals surface area contributed by atoms with E-state index in [4.69, 9.17) is 23.2 Å². The number of nitrogens with zero attached hydrogens (tertiary/aromatic N) is 1. The lowest BCUT2D eigenvalue weighted by Gasteiger charge is -2.51. The number of likely N-dealkylation sites (tertiary alicyclic amines) is 1. The zero-order valence-electron chi connectivity index (χ0n) is 21.3. The molecule has 2 aromatic rings. The first-order chi connectivity index (χ1) is 16.4. The van der Waals surface area contributed by atoms with E-state index in [0.29, 0.717) is 29.3 Å². The monoisotopic (exact) mass is 514 g/mol. The summed E-state index contributed by atoms with van der Waals surface area (Å²) in [4.78, 5) is 29.6. The Hall–Kier alpha value is -2.30. The van der Waals surface area contributed by atoms with Crippen LogP contribution in [0.4, 0.5) is 0 Å². The predicted molar refractivity (Wildman–Crippen MR) is 145 cm³/mol. The molecule has 1 aliphatic heterocycles. The van der Waals surface area contributed by atoms with Gasteiger partial charge in [0.25, 0.3) is 0 Å². The Morgan fingerprint density at radius 3 is 2.37 bits per heavy atom. The maximum absolute atomic E-state index is 14.2. The van der Waals surface area contributed by atoms with Crippen LogP contribution in [0.25, 0.3) is 0 Å². The van der Waals surface area contributed by atoms with Crippen molar-refractivity contribution < 1.29 is 9.59 Å². The molecule has 188 valence electrons. The molecule has 0 bridgehead atoms. The fourth-order valence-corrected chi connectivity index (χ4v) is 5.52. The van der Waals surface area contributed by atoms with Crippen molar-refractivity contribution in [3.8, 4) is 0 Å². The number of rotatable bonds is 7. The first-order valence-electron chi connectivity index (χ1n) is 12.2. The van der Waals surface area contributed by atoms with Crippen molar-refractivity contribution in [3.63, 3.8) is 0 Å². The van der Waals surface area contributed by atoms with Gasteiger partial charge in [-0.3, -0.25) is 9.59 Å². The summed E-state index contributed by atoms with van der Waals surface area (Å²) >= 11 is 12.6. The number of benzene rings is 2. The molecule has 35 heavy (non-hydrogen) atoms. The number of hydrogen-bond acceptors (Lipinski definition) is 2. The average Bonchev–Trinajstić information content (AvgIpc) is 2.77. The molecule has 0 aromatic heterocycles. The van der Waals surface area contributed by atoms with Gasteiger partial charge in [-0.1, -0.05) is 67.4 Å². The number of amides is 2. The third-order valence-corrected chi connectivity index (χ3v) is 7.20. The fourth-order valence-electron chi connectivity index (χ4n) is 5.19. The second kappa shape index (κ2) is 10.8. The summed E-state index contributed by atoms with van der Waals surface area (Å²) in [6.45, 7) is 13.7. The number of halogens is 2. The van der Waals surface area contributed by atoms with Crippen LogP contribution in [0.15, 0.2) is 61.2 Å². The number of allylic oxidation sites excluding steroid dienone is 1. The highest BCUT2D eigenvalue weighted by atomic mass is 35.5. The zero-order chi connectivity index (χ0) is 26.0. The molecule has 1 heterocycles. The van der Waals surface area contributed by atoms with Crippen molar-refractivity contribution in [1.82, 2.24) is 10.2 Å². The van der Waals surface area contributed by atoms with Gasteiger partial charge in [0.15, 0.2) is 0 Å². The molecule has 1 saturated heterocycles. The van der Waals surface area contributed by atoms with E-state index in [-0.39, 0.29) is 23.8 Å². The smallest absolute Gasteiger partial charge is 0.243 e. The van der Waals surface area contributed by atoms with E-state index in [1.54, 1.807) is 6.08 Å². The van der Waals surface area contributed by atoms with E-state index >= 15 is 0 Å². The van der Waals surface area contributed by atoms with Crippen LogP contribution in [0.5, 0.6) is 0 Å². The minimum Gasteiger partial charge on any atom is -0.350 e. The van der Waals surface area contributed by atoms with Gasteiger partial charge in [-0.25, -0.2) is 0 Å². The summed E-state index contributed by atoms with van der Waals surface area (Å²) in [5.41, 5.74) is 0.856. The van der Waals surface area contributed by atoms with Crippen LogP contribution in [0, 0.1) is 5.41 Å². The lowest BCUT2D eigenvalue weighted by atomic mass is 9.67. The van der Waals surface area contributed by atoms with E-state index < -0.39 is 17.0 Å². The van der Waals surface area contributed by atoms with Crippen LogP contribution in [0.1, 0.15) is 77.0 Å². The second-order valence-electron chi connectivity index (χ2n) is 10.8. The minimum absolute atomic E-state index is 0.0356. The number of piperidine rings is 1. The molecule has 3 rings (SSSR count). The lowest BCUT2D eigenvalue weighted by molar-refractivity contribution is -0.159. The van der Waals surface area contributed by atoms with Gasteiger partial charge in [0, 0.05) is 21.5 Å². The van der Waals surface area contributed by atoms with E-state index in [2.05, 4.69) is 18.0 Å². The van der Waals surface area contributed by atoms with Gasteiger partial charge in [-0.15, -0.1) is 6.58 Å². The molecule has 2 aromatic carbocycles. The minimum atomic E-state index is -0.701. The molecule has 4 atom stereocenters.